The van der Waals surface area contributed by atoms with Crippen molar-refractivity contribution in [2.75, 3.05) is 0 Å². The number of benzene rings is 1. The van der Waals surface area contributed by atoms with Crippen LogP contribution in [0.1, 0.15) is 0 Å². The van der Waals surface area contributed by atoms with Crippen molar-refractivity contribution in [3.8, 4) is 17.2 Å². The summed E-state index contributed by atoms with van der Waals surface area (Å²) in [7, 11) is -16.5. The molecule has 22 heavy (non-hydrogen) atoms. The second kappa shape index (κ2) is 7.05. The van der Waals surface area contributed by atoms with Crippen LogP contribution in [0.4, 0.5) is 0 Å². The van der Waals surface area contributed by atoms with E-state index in [0.29, 0.717) is 0 Å². The van der Waals surface area contributed by atoms with Crippen molar-refractivity contribution < 1.29 is 56.9 Å². The van der Waals surface area contributed by atoms with Crippen molar-refractivity contribution in [3.05, 3.63) is 18.2 Å². The molecule has 5 N–H and O–H groups in total. The zero-order valence-electron chi connectivity index (χ0n) is 9.96. The van der Waals surface area contributed by atoms with Crippen molar-refractivity contribution in [1.82, 2.24) is 0 Å². The van der Waals surface area contributed by atoms with E-state index < -0.39 is 31.2 Å². The Kier molecular flexibility index (Phi) is 6.51. The maximum Gasteiger partial charge on any atom is 0.432 e. The highest BCUT2D eigenvalue weighted by molar-refractivity contribution is 8.00. The largest absolute Gasteiger partial charge is 0.508 e. The lowest BCUT2D eigenvalue weighted by atomic mass is 10.3. The highest BCUT2D eigenvalue weighted by atomic mass is 32.3. The number of phenolic OH excluding ortho intramolecular Hbond substituents is 3. The molecule has 16 heteroatoms. The molecule has 13 nitrogen and oxygen atoms in total. The summed E-state index contributed by atoms with van der Waals surface area (Å²) in [6, 6.07) is 3.42. The quantitative estimate of drug-likeness (QED) is 0.380. The van der Waals surface area contributed by atoms with E-state index in [1.165, 1.54) is 0 Å². The number of aromatic hydroxyl groups is 3. The van der Waals surface area contributed by atoms with Crippen LogP contribution in [0.5, 0.6) is 17.2 Å². The smallest absolute Gasteiger partial charge is 0.432 e. The summed E-state index contributed by atoms with van der Waals surface area (Å²) in [6.07, 6.45) is 0. The summed E-state index contributed by atoms with van der Waals surface area (Å²) < 4.78 is 80.2. The van der Waals surface area contributed by atoms with Gasteiger partial charge in [0, 0.05) is 18.2 Å². The first-order valence-electron chi connectivity index (χ1n) is 4.43. The zero-order valence-corrected chi connectivity index (χ0v) is 12.4. The third kappa shape index (κ3) is 11.0. The predicted octanol–water partition coefficient (Wildman–Crippen LogP) is -1.33. The van der Waals surface area contributed by atoms with Gasteiger partial charge in [-0.1, -0.05) is 7.26 Å². The molecule has 0 bridgehead atoms. The SMILES string of the molecule is O=S(=O)(O)OS(=O)(=O)OS(=O)(=O)O.Oc1cc(O)cc(O)c1. The van der Waals surface area contributed by atoms with Crippen LogP contribution >= 0.6 is 0 Å². The van der Waals surface area contributed by atoms with Gasteiger partial charge in [0.25, 0.3) is 0 Å². The van der Waals surface area contributed by atoms with Crippen LogP contribution in [0.25, 0.3) is 0 Å². The fourth-order valence-corrected chi connectivity index (χ4v) is 2.78. The Morgan fingerprint density at radius 1 is 0.636 bits per heavy atom. The average Bonchev–Trinajstić information content (AvgIpc) is 2.05. The Bertz CT molecular complexity index is 728. The maximum absolute atomic E-state index is 10.1. The lowest BCUT2D eigenvalue weighted by molar-refractivity contribution is 0.328. The van der Waals surface area contributed by atoms with Gasteiger partial charge in [-0.15, -0.1) is 0 Å². The van der Waals surface area contributed by atoms with E-state index in [2.05, 4.69) is 7.26 Å². The summed E-state index contributed by atoms with van der Waals surface area (Å²) in [6.45, 7) is 0. The van der Waals surface area contributed by atoms with Crippen LogP contribution in [0, 0.1) is 0 Å². The molecule has 0 aliphatic carbocycles. The van der Waals surface area contributed by atoms with Crippen LogP contribution in [-0.4, -0.2) is 49.7 Å². The van der Waals surface area contributed by atoms with Gasteiger partial charge in [-0.25, -0.2) is 0 Å². The van der Waals surface area contributed by atoms with Gasteiger partial charge in [-0.3, -0.25) is 9.11 Å². The minimum absolute atomic E-state index is 0.146. The predicted molar refractivity (Wildman–Crippen MR) is 65.6 cm³/mol. The first-order chi connectivity index (χ1) is 9.60. The van der Waals surface area contributed by atoms with Crippen LogP contribution in [0.15, 0.2) is 18.2 Å². The summed E-state index contributed by atoms with van der Waals surface area (Å²) in [5.74, 6) is -0.437. The molecule has 0 heterocycles. The second-order valence-corrected chi connectivity index (χ2v) is 6.72. The van der Waals surface area contributed by atoms with E-state index in [1.54, 1.807) is 0 Å². The van der Waals surface area contributed by atoms with Gasteiger partial charge in [-0.05, 0) is 0 Å². The first-order valence-corrected chi connectivity index (χ1v) is 8.50. The van der Waals surface area contributed by atoms with E-state index in [1.807, 2.05) is 0 Å². The van der Waals surface area contributed by atoms with E-state index in [0.717, 1.165) is 18.2 Å². The molecule has 0 amide bonds. The van der Waals surface area contributed by atoms with Crippen LogP contribution in [0.3, 0.4) is 0 Å². The minimum Gasteiger partial charge on any atom is -0.508 e. The van der Waals surface area contributed by atoms with Crippen LogP contribution in [-0.2, 0) is 38.5 Å². The molecule has 0 saturated heterocycles. The van der Waals surface area contributed by atoms with Gasteiger partial charge in [-0.2, -0.15) is 25.3 Å². The van der Waals surface area contributed by atoms with Gasteiger partial charge in [0.1, 0.15) is 17.2 Å². The summed E-state index contributed by atoms with van der Waals surface area (Å²) in [5, 5.41) is 26.0. The Balaban J connectivity index is 0.000000425. The van der Waals surface area contributed by atoms with Gasteiger partial charge < -0.3 is 15.3 Å². The molecule has 0 aliphatic rings. The normalized spacial score (nSPS) is 12.3. The molecule has 0 saturated carbocycles. The van der Waals surface area contributed by atoms with Crippen molar-refractivity contribution in [1.29, 1.82) is 0 Å². The molecule has 0 fully saturated rings. The van der Waals surface area contributed by atoms with Crippen molar-refractivity contribution in [2.24, 2.45) is 0 Å². The molecule has 1 rings (SSSR count). The van der Waals surface area contributed by atoms with E-state index in [-0.39, 0.29) is 17.2 Å². The number of hydrogen-bond acceptors (Lipinski definition) is 11. The third-order valence-corrected chi connectivity index (χ3v) is 3.94. The van der Waals surface area contributed by atoms with Crippen LogP contribution in [0.2, 0.25) is 0 Å². The number of phenols is 3. The monoisotopic (exact) mass is 384 g/mol. The lowest BCUT2D eigenvalue weighted by Gasteiger charge is -1.97. The molecule has 0 unspecified atom stereocenters. The maximum atomic E-state index is 10.1. The molecule has 1 aromatic rings. The van der Waals surface area contributed by atoms with Crippen LogP contribution < -0.4 is 0 Å². The highest BCUT2D eigenvalue weighted by Crippen LogP contribution is 2.23. The molecule has 0 aromatic heterocycles. The Hall–Kier alpha value is -1.69. The Labute approximate surface area is 124 Å². The molecule has 128 valence electrons. The molecular formula is C6H8O13S3. The molecule has 0 atom stereocenters. The fraction of sp³-hybridized carbons (Fsp3) is 0. The van der Waals surface area contributed by atoms with Crippen molar-refractivity contribution in [3.63, 3.8) is 0 Å². The third-order valence-electron chi connectivity index (χ3n) is 1.23. The number of hydrogen-bond donors (Lipinski definition) is 5. The van der Waals surface area contributed by atoms with Gasteiger partial charge in [0.15, 0.2) is 0 Å². The average molecular weight is 384 g/mol. The Morgan fingerprint density at radius 3 is 1.05 bits per heavy atom. The van der Waals surface area contributed by atoms with Crippen molar-refractivity contribution in [2.45, 2.75) is 0 Å². The van der Waals surface area contributed by atoms with E-state index in [4.69, 9.17) is 24.4 Å². The summed E-state index contributed by atoms with van der Waals surface area (Å²) >= 11 is 0. The Morgan fingerprint density at radius 2 is 0.864 bits per heavy atom. The summed E-state index contributed by atoms with van der Waals surface area (Å²) in [4.78, 5) is 0. The van der Waals surface area contributed by atoms with Gasteiger partial charge in [0.2, 0.25) is 0 Å². The highest BCUT2D eigenvalue weighted by Gasteiger charge is 2.27. The second-order valence-electron chi connectivity index (χ2n) is 3.11. The molecule has 1 aromatic carbocycles. The van der Waals surface area contributed by atoms with Crippen molar-refractivity contribution >= 4 is 31.2 Å². The zero-order chi connectivity index (χ0) is 17.8. The molecule has 0 spiro atoms. The fourth-order valence-electron chi connectivity index (χ4n) is 0.802. The first kappa shape index (κ1) is 20.3. The topological polar surface area (TPSA) is 222 Å². The summed E-state index contributed by atoms with van der Waals surface area (Å²) in [5.41, 5.74) is 0. The standard InChI is InChI=1S/C6H6O3.H2O10S3/c7-4-1-5(8)3-6(9)2-4;1-11(2,3)9-13(7,8)10-12(4,5)6/h1-3,7-9H;(H,1,2,3)(H,4,5,6). The van der Waals surface area contributed by atoms with Gasteiger partial charge in [0.05, 0.1) is 0 Å². The molecule has 0 aliphatic heterocycles. The van der Waals surface area contributed by atoms with Gasteiger partial charge >= 0.3 is 31.2 Å². The minimum atomic E-state index is -5.57. The lowest BCUT2D eigenvalue weighted by Crippen LogP contribution is -2.18. The molecule has 0 radical (unpaired) electrons. The van der Waals surface area contributed by atoms with E-state index in [9.17, 15) is 25.3 Å². The number of rotatable bonds is 4. The molecular weight excluding hydrogens is 376 g/mol. The van der Waals surface area contributed by atoms with E-state index >= 15 is 0 Å².